The molecule has 0 aliphatic carbocycles. The number of hydrogen-bond acceptors (Lipinski definition) is 2. The van der Waals surface area contributed by atoms with Crippen molar-refractivity contribution in [3.8, 4) is 0 Å². The van der Waals surface area contributed by atoms with Gasteiger partial charge in [0.1, 0.15) is 0 Å². The third-order valence-corrected chi connectivity index (χ3v) is 1.38. The molecule has 1 rings (SSSR count). The predicted octanol–water partition coefficient (Wildman–Crippen LogP) is 0.565. The maximum absolute atomic E-state index is 12.6. The first-order chi connectivity index (χ1) is 5.15. The SMILES string of the molecule is C=C(CO)c1cc(F)n(C)n1. The van der Waals surface area contributed by atoms with Crippen molar-refractivity contribution in [2.24, 2.45) is 7.05 Å². The summed E-state index contributed by atoms with van der Waals surface area (Å²) in [6, 6.07) is 1.23. The molecular weight excluding hydrogens is 147 g/mol. The van der Waals surface area contributed by atoms with Gasteiger partial charge in [-0.05, 0) is 5.57 Å². The molecule has 0 saturated carbocycles. The van der Waals surface area contributed by atoms with E-state index in [2.05, 4.69) is 11.7 Å². The first kappa shape index (κ1) is 7.94. The molecule has 1 heterocycles. The lowest BCUT2D eigenvalue weighted by Gasteiger charge is -1.92. The van der Waals surface area contributed by atoms with Gasteiger partial charge in [-0.2, -0.15) is 9.49 Å². The Bertz CT molecular complexity index is 260. The first-order valence-electron chi connectivity index (χ1n) is 3.13. The highest BCUT2D eigenvalue weighted by Crippen LogP contribution is 2.09. The zero-order valence-electron chi connectivity index (χ0n) is 6.21. The molecule has 11 heavy (non-hydrogen) atoms. The largest absolute Gasteiger partial charge is 0.392 e. The van der Waals surface area contributed by atoms with E-state index in [4.69, 9.17) is 5.11 Å². The second-order valence-corrected chi connectivity index (χ2v) is 2.24. The van der Waals surface area contributed by atoms with Crippen molar-refractivity contribution < 1.29 is 9.50 Å². The zero-order chi connectivity index (χ0) is 8.43. The summed E-state index contributed by atoms with van der Waals surface area (Å²) < 4.78 is 13.7. The molecule has 0 aliphatic heterocycles. The van der Waals surface area contributed by atoms with Gasteiger partial charge in [0.15, 0.2) is 0 Å². The van der Waals surface area contributed by atoms with Gasteiger partial charge >= 0.3 is 0 Å². The predicted molar refractivity (Wildman–Crippen MR) is 39.3 cm³/mol. The van der Waals surface area contributed by atoms with Crippen molar-refractivity contribution >= 4 is 5.57 Å². The Kier molecular flexibility index (Phi) is 2.05. The van der Waals surface area contributed by atoms with E-state index in [-0.39, 0.29) is 6.61 Å². The van der Waals surface area contributed by atoms with Crippen LogP contribution in [0.4, 0.5) is 4.39 Å². The van der Waals surface area contributed by atoms with Gasteiger partial charge in [0.25, 0.3) is 0 Å². The van der Waals surface area contributed by atoms with Crippen LogP contribution >= 0.6 is 0 Å². The fraction of sp³-hybridized carbons (Fsp3) is 0.286. The summed E-state index contributed by atoms with van der Waals surface area (Å²) in [5.74, 6) is -0.436. The molecule has 4 heteroatoms. The molecule has 3 nitrogen and oxygen atoms in total. The summed E-state index contributed by atoms with van der Waals surface area (Å²) in [6.45, 7) is 3.31. The minimum atomic E-state index is -0.436. The Morgan fingerprint density at radius 1 is 1.91 bits per heavy atom. The molecule has 0 radical (unpaired) electrons. The maximum Gasteiger partial charge on any atom is 0.211 e. The molecule has 1 N–H and O–H groups in total. The van der Waals surface area contributed by atoms with Crippen LogP contribution in [0.2, 0.25) is 0 Å². The van der Waals surface area contributed by atoms with E-state index >= 15 is 0 Å². The second kappa shape index (κ2) is 2.84. The molecule has 0 fully saturated rings. The van der Waals surface area contributed by atoms with Crippen LogP contribution in [0.3, 0.4) is 0 Å². The highest BCUT2D eigenvalue weighted by atomic mass is 19.1. The van der Waals surface area contributed by atoms with Crippen molar-refractivity contribution in [1.82, 2.24) is 9.78 Å². The first-order valence-corrected chi connectivity index (χ1v) is 3.13. The summed E-state index contributed by atoms with van der Waals surface area (Å²) in [4.78, 5) is 0. The maximum atomic E-state index is 12.6. The highest BCUT2D eigenvalue weighted by molar-refractivity contribution is 5.60. The zero-order valence-corrected chi connectivity index (χ0v) is 6.21. The lowest BCUT2D eigenvalue weighted by molar-refractivity contribution is 0.350. The lowest BCUT2D eigenvalue weighted by atomic mass is 10.2. The van der Waals surface area contributed by atoms with Crippen molar-refractivity contribution in [2.45, 2.75) is 0 Å². The van der Waals surface area contributed by atoms with Crippen LogP contribution in [0.15, 0.2) is 12.6 Å². The average Bonchev–Trinajstić information content (AvgIpc) is 2.31. The number of halogens is 1. The van der Waals surface area contributed by atoms with E-state index in [0.29, 0.717) is 11.3 Å². The highest BCUT2D eigenvalue weighted by Gasteiger charge is 2.05. The van der Waals surface area contributed by atoms with Gasteiger partial charge in [-0.15, -0.1) is 0 Å². The number of aliphatic hydroxyl groups is 1. The molecule has 0 unspecified atom stereocenters. The Morgan fingerprint density at radius 2 is 2.55 bits per heavy atom. The summed E-state index contributed by atoms with van der Waals surface area (Å²) in [7, 11) is 1.49. The van der Waals surface area contributed by atoms with Crippen LogP contribution < -0.4 is 0 Å². The molecule has 0 saturated heterocycles. The Balaban J connectivity index is 2.97. The van der Waals surface area contributed by atoms with Crippen LogP contribution in [-0.2, 0) is 7.05 Å². The standard InChI is InChI=1S/C7H9FN2O/c1-5(4-11)6-3-7(8)10(2)9-6/h3,11H,1,4H2,2H3. The topological polar surface area (TPSA) is 38.0 Å². The number of hydrogen-bond donors (Lipinski definition) is 1. The van der Waals surface area contributed by atoms with Gasteiger partial charge in [-0.25, -0.2) is 4.68 Å². The van der Waals surface area contributed by atoms with Crippen molar-refractivity contribution in [2.75, 3.05) is 6.61 Å². The van der Waals surface area contributed by atoms with Crippen molar-refractivity contribution in [1.29, 1.82) is 0 Å². The van der Waals surface area contributed by atoms with Crippen LogP contribution in [0, 0.1) is 5.95 Å². The summed E-state index contributed by atoms with van der Waals surface area (Å²) in [6.07, 6.45) is 0. The minimum absolute atomic E-state index is 0.198. The molecule has 60 valence electrons. The summed E-state index contributed by atoms with van der Waals surface area (Å²) in [5, 5.41) is 12.4. The molecule has 1 aromatic rings. The van der Waals surface area contributed by atoms with Gasteiger partial charge in [0, 0.05) is 13.1 Å². The fourth-order valence-corrected chi connectivity index (χ4v) is 0.698. The van der Waals surface area contributed by atoms with Crippen molar-refractivity contribution in [3.05, 3.63) is 24.3 Å². The number of aryl methyl sites for hydroxylation is 1. The molecule has 1 aromatic heterocycles. The lowest BCUT2D eigenvalue weighted by Crippen LogP contribution is -1.95. The quantitative estimate of drug-likeness (QED) is 0.679. The van der Waals surface area contributed by atoms with E-state index in [1.807, 2.05) is 0 Å². The molecule has 0 spiro atoms. The van der Waals surface area contributed by atoms with E-state index in [9.17, 15) is 4.39 Å². The molecule has 0 bridgehead atoms. The molecule has 0 aromatic carbocycles. The Labute approximate surface area is 63.8 Å². The number of rotatable bonds is 2. The van der Waals surface area contributed by atoms with Crippen LogP contribution in [0.25, 0.3) is 5.57 Å². The van der Waals surface area contributed by atoms with E-state index < -0.39 is 5.95 Å². The summed E-state index contributed by atoms with van der Waals surface area (Å²) in [5.41, 5.74) is 0.817. The second-order valence-electron chi connectivity index (χ2n) is 2.24. The third kappa shape index (κ3) is 1.46. The normalized spacial score (nSPS) is 10.1. The monoisotopic (exact) mass is 156 g/mol. The van der Waals surface area contributed by atoms with E-state index in [1.165, 1.54) is 13.1 Å². The Morgan fingerprint density at radius 3 is 2.91 bits per heavy atom. The Hall–Kier alpha value is -1.16. The molecular formula is C7H9FN2O. The van der Waals surface area contributed by atoms with Crippen LogP contribution in [0.5, 0.6) is 0 Å². The van der Waals surface area contributed by atoms with E-state index in [1.54, 1.807) is 0 Å². The number of aliphatic hydroxyl groups excluding tert-OH is 1. The molecule has 0 amide bonds. The van der Waals surface area contributed by atoms with Gasteiger partial charge in [-0.3, -0.25) is 0 Å². The number of aromatic nitrogens is 2. The average molecular weight is 156 g/mol. The van der Waals surface area contributed by atoms with Crippen molar-refractivity contribution in [3.63, 3.8) is 0 Å². The van der Waals surface area contributed by atoms with Gasteiger partial charge < -0.3 is 5.11 Å². The van der Waals surface area contributed by atoms with Gasteiger partial charge in [-0.1, -0.05) is 6.58 Å². The van der Waals surface area contributed by atoms with Crippen LogP contribution in [0.1, 0.15) is 5.69 Å². The third-order valence-electron chi connectivity index (χ3n) is 1.38. The van der Waals surface area contributed by atoms with Gasteiger partial charge in [0.05, 0.1) is 12.3 Å². The van der Waals surface area contributed by atoms with Gasteiger partial charge in [0.2, 0.25) is 5.95 Å². The summed E-state index contributed by atoms with van der Waals surface area (Å²) >= 11 is 0. The van der Waals surface area contributed by atoms with E-state index in [0.717, 1.165) is 4.68 Å². The fourth-order valence-electron chi connectivity index (χ4n) is 0.698. The smallest absolute Gasteiger partial charge is 0.211 e. The molecule has 0 atom stereocenters. The molecule has 0 aliphatic rings. The number of nitrogens with zero attached hydrogens (tertiary/aromatic N) is 2. The van der Waals surface area contributed by atoms with Crippen LogP contribution in [-0.4, -0.2) is 21.5 Å². The minimum Gasteiger partial charge on any atom is -0.392 e.